The Kier molecular flexibility index (Phi) is 4.99. The molecule has 1 heterocycles. The number of methoxy groups -OCH3 is 1. The zero-order chi connectivity index (χ0) is 13.7. The van der Waals surface area contributed by atoms with E-state index in [1.165, 1.54) is 26.2 Å². The van der Waals surface area contributed by atoms with E-state index in [0.717, 1.165) is 18.4 Å². The summed E-state index contributed by atoms with van der Waals surface area (Å²) in [5, 5.41) is 12.8. The average molecular weight is 267 g/mol. The summed E-state index contributed by atoms with van der Waals surface area (Å²) in [7, 11) is 1.34. The molecule has 1 aliphatic carbocycles. The number of hydrogen-bond acceptors (Lipinski definition) is 5. The molecule has 0 saturated heterocycles. The molecule has 106 valence electrons. The molecule has 0 radical (unpaired) electrons. The molecule has 0 amide bonds. The lowest BCUT2D eigenvalue weighted by atomic mass is 9.85. The molecule has 0 bridgehead atoms. The fraction of sp³-hybridized carbons (Fsp3) is 0.643. The van der Waals surface area contributed by atoms with Crippen LogP contribution in [0.25, 0.3) is 0 Å². The molecule has 0 aromatic carbocycles. The highest BCUT2D eigenvalue weighted by Crippen LogP contribution is 2.24. The Bertz CT molecular complexity index is 415. The first-order chi connectivity index (χ1) is 9.26. The molecule has 19 heavy (non-hydrogen) atoms. The van der Waals surface area contributed by atoms with Gasteiger partial charge in [0.2, 0.25) is 5.76 Å². The number of furan rings is 1. The fourth-order valence-electron chi connectivity index (χ4n) is 2.68. The summed E-state index contributed by atoms with van der Waals surface area (Å²) in [6.07, 6.45) is 5.99. The third kappa shape index (κ3) is 3.36. The first kappa shape index (κ1) is 14.1. The van der Waals surface area contributed by atoms with E-state index in [-0.39, 0.29) is 12.4 Å². The predicted octanol–water partition coefficient (Wildman–Crippen LogP) is 1.71. The minimum atomic E-state index is -0.454. The molecule has 2 rings (SSSR count). The van der Waals surface area contributed by atoms with Crippen LogP contribution in [0.3, 0.4) is 0 Å². The Labute approximate surface area is 112 Å². The summed E-state index contributed by atoms with van der Waals surface area (Å²) in [5.41, 5.74) is 0.800. The van der Waals surface area contributed by atoms with Crippen LogP contribution in [0.5, 0.6) is 0 Å². The van der Waals surface area contributed by atoms with Crippen molar-refractivity contribution in [2.24, 2.45) is 5.92 Å². The highest BCUT2D eigenvalue weighted by molar-refractivity contribution is 5.87. The number of ether oxygens (including phenoxy) is 1. The van der Waals surface area contributed by atoms with Crippen molar-refractivity contribution in [1.82, 2.24) is 5.32 Å². The summed E-state index contributed by atoms with van der Waals surface area (Å²) in [4.78, 5) is 11.5. The van der Waals surface area contributed by atoms with Gasteiger partial charge in [-0.25, -0.2) is 4.79 Å². The molecular formula is C14H21NO4. The molecule has 1 aromatic heterocycles. The van der Waals surface area contributed by atoms with Crippen LogP contribution in [0.15, 0.2) is 16.7 Å². The van der Waals surface area contributed by atoms with E-state index in [1.807, 2.05) is 0 Å². The maximum absolute atomic E-state index is 11.5. The highest BCUT2D eigenvalue weighted by Gasteiger charge is 2.25. The number of aliphatic hydroxyl groups is 1. The second-order valence-corrected chi connectivity index (χ2v) is 4.98. The van der Waals surface area contributed by atoms with Gasteiger partial charge in [0.1, 0.15) is 0 Å². The summed E-state index contributed by atoms with van der Waals surface area (Å²) in [6, 6.07) is 2.08. The predicted molar refractivity (Wildman–Crippen MR) is 69.7 cm³/mol. The Balaban J connectivity index is 1.94. The van der Waals surface area contributed by atoms with Crippen LogP contribution in [0, 0.1) is 5.92 Å². The molecule has 5 heteroatoms. The third-order valence-electron chi connectivity index (χ3n) is 3.82. The summed E-state index contributed by atoms with van der Waals surface area (Å²) < 4.78 is 9.82. The molecule has 1 fully saturated rings. The lowest BCUT2D eigenvalue weighted by molar-refractivity contribution is 0.0562. The normalized spacial score (nSPS) is 23.3. The van der Waals surface area contributed by atoms with Crippen molar-refractivity contribution in [1.29, 1.82) is 0 Å². The fourth-order valence-corrected chi connectivity index (χ4v) is 2.68. The number of nitrogens with one attached hydrogen (secondary N) is 1. The first-order valence-electron chi connectivity index (χ1n) is 6.75. The minimum Gasteiger partial charge on any atom is -0.463 e. The third-order valence-corrected chi connectivity index (χ3v) is 3.82. The number of hydrogen-bond donors (Lipinski definition) is 2. The molecule has 1 aromatic rings. The molecule has 0 aliphatic heterocycles. The van der Waals surface area contributed by atoms with E-state index in [1.54, 1.807) is 6.07 Å². The molecular weight excluding hydrogens is 246 g/mol. The van der Waals surface area contributed by atoms with E-state index >= 15 is 0 Å². The van der Waals surface area contributed by atoms with Crippen LogP contribution in [0.2, 0.25) is 0 Å². The van der Waals surface area contributed by atoms with E-state index in [9.17, 15) is 9.90 Å². The van der Waals surface area contributed by atoms with Crippen LogP contribution in [-0.4, -0.2) is 30.8 Å². The van der Waals surface area contributed by atoms with Gasteiger partial charge in [-0.15, -0.1) is 0 Å². The van der Waals surface area contributed by atoms with Crippen molar-refractivity contribution in [2.75, 3.05) is 13.7 Å². The Morgan fingerprint density at radius 2 is 2.32 bits per heavy atom. The maximum atomic E-state index is 11.5. The van der Waals surface area contributed by atoms with E-state index < -0.39 is 5.97 Å². The first-order valence-corrected chi connectivity index (χ1v) is 6.75. The number of carbonyl (C=O) groups is 1. The number of esters is 1. The van der Waals surface area contributed by atoms with Gasteiger partial charge in [0.05, 0.1) is 13.4 Å². The van der Waals surface area contributed by atoms with Crippen molar-refractivity contribution in [3.05, 3.63) is 23.7 Å². The SMILES string of the molecule is COC(=O)c1occc1CNC1CCCCC1CO. The lowest BCUT2D eigenvalue weighted by Gasteiger charge is -2.31. The Morgan fingerprint density at radius 1 is 1.53 bits per heavy atom. The quantitative estimate of drug-likeness (QED) is 0.795. The molecule has 2 atom stereocenters. The van der Waals surface area contributed by atoms with Gasteiger partial charge in [-0.05, 0) is 24.8 Å². The zero-order valence-electron chi connectivity index (χ0n) is 11.2. The van der Waals surface area contributed by atoms with Gasteiger partial charge in [-0.1, -0.05) is 12.8 Å². The second kappa shape index (κ2) is 6.73. The second-order valence-electron chi connectivity index (χ2n) is 4.98. The van der Waals surface area contributed by atoms with Gasteiger partial charge >= 0.3 is 5.97 Å². The van der Waals surface area contributed by atoms with Gasteiger partial charge in [0, 0.05) is 24.8 Å². The minimum absolute atomic E-state index is 0.215. The van der Waals surface area contributed by atoms with E-state index in [0.29, 0.717) is 18.5 Å². The Hall–Kier alpha value is -1.33. The molecule has 1 aliphatic rings. The molecule has 2 N–H and O–H groups in total. The van der Waals surface area contributed by atoms with Gasteiger partial charge in [-0.2, -0.15) is 0 Å². The molecule has 0 spiro atoms. The lowest BCUT2D eigenvalue weighted by Crippen LogP contribution is -2.39. The smallest absolute Gasteiger partial charge is 0.374 e. The largest absolute Gasteiger partial charge is 0.463 e. The molecule has 2 unspecified atom stereocenters. The van der Waals surface area contributed by atoms with Crippen LogP contribution >= 0.6 is 0 Å². The monoisotopic (exact) mass is 267 g/mol. The van der Waals surface area contributed by atoms with Crippen molar-refractivity contribution in [2.45, 2.75) is 38.3 Å². The summed E-state index contributed by atoms with van der Waals surface area (Å²) in [6.45, 7) is 0.773. The summed E-state index contributed by atoms with van der Waals surface area (Å²) in [5.74, 6) is 0.109. The van der Waals surface area contributed by atoms with Gasteiger partial charge < -0.3 is 19.6 Å². The Morgan fingerprint density at radius 3 is 3.05 bits per heavy atom. The summed E-state index contributed by atoms with van der Waals surface area (Å²) >= 11 is 0. The van der Waals surface area contributed by atoms with Crippen LogP contribution in [0.4, 0.5) is 0 Å². The van der Waals surface area contributed by atoms with E-state index in [2.05, 4.69) is 10.1 Å². The van der Waals surface area contributed by atoms with Crippen LogP contribution in [-0.2, 0) is 11.3 Å². The average Bonchev–Trinajstić information content (AvgIpc) is 2.93. The van der Waals surface area contributed by atoms with Gasteiger partial charge in [0.25, 0.3) is 0 Å². The van der Waals surface area contributed by atoms with Crippen LogP contribution < -0.4 is 5.32 Å². The number of carbonyl (C=O) groups excluding carboxylic acids is 1. The number of aliphatic hydroxyl groups excluding tert-OH is 1. The maximum Gasteiger partial charge on any atom is 0.374 e. The molecule has 1 saturated carbocycles. The highest BCUT2D eigenvalue weighted by atomic mass is 16.5. The van der Waals surface area contributed by atoms with Gasteiger partial charge in [0.15, 0.2) is 0 Å². The van der Waals surface area contributed by atoms with Crippen LogP contribution in [0.1, 0.15) is 41.8 Å². The van der Waals surface area contributed by atoms with Crippen molar-refractivity contribution >= 4 is 5.97 Å². The van der Waals surface area contributed by atoms with Crippen molar-refractivity contribution in [3.63, 3.8) is 0 Å². The topological polar surface area (TPSA) is 71.7 Å². The van der Waals surface area contributed by atoms with Gasteiger partial charge in [-0.3, -0.25) is 0 Å². The van der Waals surface area contributed by atoms with E-state index in [4.69, 9.17) is 4.42 Å². The van der Waals surface area contributed by atoms with Crippen molar-refractivity contribution in [3.8, 4) is 0 Å². The van der Waals surface area contributed by atoms with Crippen molar-refractivity contribution < 1.29 is 19.1 Å². The molecule has 5 nitrogen and oxygen atoms in total. The standard InChI is InChI=1S/C14H21NO4/c1-18-14(17)13-10(6-7-19-13)8-15-12-5-3-2-4-11(12)9-16/h6-7,11-12,15-16H,2-5,8-9H2,1H3. The zero-order valence-corrected chi connectivity index (χ0v) is 11.2. The number of rotatable bonds is 5.